The lowest BCUT2D eigenvalue weighted by atomic mass is 10.2. The summed E-state index contributed by atoms with van der Waals surface area (Å²) in [6.45, 7) is 0. The third kappa shape index (κ3) is 1.55. The summed E-state index contributed by atoms with van der Waals surface area (Å²) in [5, 5.41) is 13.3. The number of rotatable bonds is 2. The van der Waals surface area contributed by atoms with Gasteiger partial charge in [-0.1, -0.05) is 5.16 Å². The Balaban J connectivity index is 2.72. The summed E-state index contributed by atoms with van der Waals surface area (Å²) in [5.41, 5.74) is 0.0184. The van der Waals surface area contributed by atoms with E-state index < -0.39 is 10.2 Å². The fourth-order valence-corrected chi connectivity index (χ4v) is 1.32. The van der Waals surface area contributed by atoms with Gasteiger partial charge in [-0.2, -0.15) is 0 Å². The van der Waals surface area contributed by atoms with Gasteiger partial charge in [0, 0.05) is 12.1 Å². The number of nitrogens with zero attached hydrogens (tertiary/aromatic N) is 2. The Bertz CT molecular complexity index is 563. The number of aromatic nitrogens is 1. The molecular weight excluding hydrogens is 224 g/mol. The van der Waals surface area contributed by atoms with Crippen LogP contribution < -0.4 is 0 Å². The molecule has 0 N–H and O–H groups in total. The van der Waals surface area contributed by atoms with Crippen LogP contribution >= 0.6 is 11.6 Å². The number of nitro benzene ring substituents is 1. The Morgan fingerprint density at radius 3 is 2.87 bits per heavy atom. The summed E-state index contributed by atoms with van der Waals surface area (Å²) in [6, 6.07) is 3.82. The van der Waals surface area contributed by atoms with Gasteiger partial charge < -0.3 is 4.52 Å². The molecule has 0 saturated heterocycles. The van der Waals surface area contributed by atoms with Crippen LogP contribution in [0.2, 0.25) is 0 Å². The Morgan fingerprint density at radius 2 is 2.27 bits per heavy atom. The Morgan fingerprint density at radius 1 is 1.53 bits per heavy atom. The zero-order chi connectivity index (χ0) is 11.0. The quantitative estimate of drug-likeness (QED) is 0.445. The van der Waals surface area contributed by atoms with Gasteiger partial charge in [-0.05, 0) is 17.7 Å². The van der Waals surface area contributed by atoms with Crippen LogP contribution in [0.4, 0.5) is 5.69 Å². The van der Waals surface area contributed by atoms with Crippen molar-refractivity contribution in [3.8, 4) is 0 Å². The molecule has 0 atom stereocenters. The van der Waals surface area contributed by atoms with Crippen molar-refractivity contribution >= 4 is 33.5 Å². The van der Waals surface area contributed by atoms with Gasteiger partial charge in [0.2, 0.25) is 0 Å². The van der Waals surface area contributed by atoms with Gasteiger partial charge in [0.25, 0.3) is 10.9 Å². The smallest absolute Gasteiger partial charge is 0.275 e. The largest absolute Gasteiger partial charge is 0.355 e. The topological polar surface area (TPSA) is 86.2 Å². The van der Waals surface area contributed by atoms with Crippen LogP contribution in [0.5, 0.6) is 0 Å². The highest BCUT2D eigenvalue weighted by atomic mass is 35.5. The Kier molecular flexibility index (Phi) is 2.12. The van der Waals surface area contributed by atoms with Crippen molar-refractivity contribution in [1.29, 1.82) is 0 Å². The second kappa shape index (κ2) is 3.32. The third-order valence-corrected chi connectivity index (χ3v) is 2.03. The molecule has 0 aliphatic rings. The number of carbonyl (C=O) groups is 1. The van der Waals surface area contributed by atoms with E-state index in [0.717, 1.165) is 0 Å². The zero-order valence-electron chi connectivity index (χ0n) is 7.14. The minimum Gasteiger partial charge on any atom is -0.355 e. The molecule has 76 valence electrons. The van der Waals surface area contributed by atoms with Crippen LogP contribution in [0, 0.1) is 10.1 Å². The van der Waals surface area contributed by atoms with Gasteiger partial charge in [0.15, 0.2) is 11.3 Å². The summed E-state index contributed by atoms with van der Waals surface area (Å²) in [7, 11) is 0. The molecule has 15 heavy (non-hydrogen) atoms. The van der Waals surface area contributed by atoms with Crippen molar-refractivity contribution in [2.24, 2.45) is 0 Å². The summed E-state index contributed by atoms with van der Waals surface area (Å²) in [5.74, 6) is 0. The molecule has 0 amide bonds. The fraction of sp³-hybridized carbons (Fsp3) is 0. The van der Waals surface area contributed by atoms with E-state index in [9.17, 15) is 14.9 Å². The number of halogens is 1. The predicted octanol–water partition coefficient (Wildman–Crippen LogP) is 2.12. The molecule has 0 saturated carbocycles. The van der Waals surface area contributed by atoms with Crippen molar-refractivity contribution in [2.45, 2.75) is 0 Å². The monoisotopic (exact) mass is 226 g/mol. The highest BCUT2D eigenvalue weighted by Gasteiger charge is 2.17. The van der Waals surface area contributed by atoms with Crippen LogP contribution in [-0.2, 0) is 0 Å². The van der Waals surface area contributed by atoms with Gasteiger partial charge in [-0.25, -0.2) is 0 Å². The lowest BCUT2D eigenvalue weighted by Crippen LogP contribution is -1.90. The molecule has 0 aliphatic heterocycles. The molecule has 6 nitrogen and oxygen atoms in total. The molecule has 1 aromatic heterocycles. The first-order valence-corrected chi connectivity index (χ1v) is 4.21. The minimum atomic E-state index is -0.811. The minimum absolute atomic E-state index is 0.115. The molecule has 0 radical (unpaired) electrons. The molecule has 0 unspecified atom stereocenters. The van der Waals surface area contributed by atoms with E-state index in [1.54, 1.807) is 0 Å². The number of non-ortho nitro benzene ring substituents is 1. The van der Waals surface area contributed by atoms with Crippen LogP contribution in [0.15, 0.2) is 22.7 Å². The van der Waals surface area contributed by atoms with Crippen molar-refractivity contribution in [2.75, 3.05) is 0 Å². The highest BCUT2D eigenvalue weighted by molar-refractivity contribution is 6.68. The maximum atomic E-state index is 10.9. The van der Waals surface area contributed by atoms with Gasteiger partial charge in [0.05, 0.1) is 10.3 Å². The molecule has 0 aliphatic carbocycles. The average Bonchev–Trinajstić information content (AvgIpc) is 2.59. The summed E-state index contributed by atoms with van der Waals surface area (Å²) >= 11 is 5.22. The lowest BCUT2D eigenvalue weighted by Gasteiger charge is -1.90. The number of fused-ring (bicyclic) bond motifs is 1. The summed E-state index contributed by atoms with van der Waals surface area (Å²) in [4.78, 5) is 20.8. The van der Waals surface area contributed by atoms with Crippen molar-refractivity contribution in [3.05, 3.63) is 34.0 Å². The number of carbonyl (C=O) groups excluding carboxylic acids is 1. The van der Waals surface area contributed by atoms with Crippen LogP contribution in [0.1, 0.15) is 10.5 Å². The molecule has 0 bridgehead atoms. The highest BCUT2D eigenvalue weighted by Crippen LogP contribution is 2.24. The molecule has 2 aromatic rings. The maximum Gasteiger partial charge on any atom is 0.275 e. The standard InChI is InChI=1S/C8H3ClN2O4/c9-8(12)7-5-3-4(11(13)14)1-2-6(5)15-10-7/h1-3H. The van der Waals surface area contributed by atoms with Gasteiger partial charge in [-0.3, -0.25) is 14.9 Å². The molecule has 0 spiro atoms. The van der Waals surface area contributed by atoms with Crippen LogP contribution in [0.25, 0.3) is 11.0 Å². The zero-order valence-corrected chi connectivity index (χ0v) is 7.89. The van der Waals surface area contributed by atoms with E-state index >= 15 is 0 Å². The molecule has 2 rings (SSSR count). The molecule has 0 fully saturated rings. The first kappa shape index (κ1) is 9.60. The van der Waals surface area contributed by atoms with E-state index in [1.165, 1.54) is 18.2 Å². The molecular formula is C8H3ClN2O4. The second-order valence-electron chi connectivity index (χ2n) is 2.74. The SMILES string of the molecule is O=C(Cl)c1noc2ccc([N+](=O)[O-])cc12. The number of hydrogen-bond acceptors (Lipinski definition) is 5. The van der Waals surface area contributed by atoms with E-state index in [1.807, 2.05) is 0 Å². The van der Waals surface area contributed by atoms with Gasteiger partial charge in [-0.15, -0.1) is 0 Å². The van der Waals surface area contributed by atoms with E-state index in [0.29, 0.717) is 0 Å². The predicted molar refractivity (Wildman–Crippen MR) is 50.8 cm³/mol. The summed E-state index contributed by atoms with van der Waals surface area (Å²) < 4.78 is 4.77. The molecule has 1 heterocycles. The normalized spacial score (nSPS) is 10.5. The van der Waals surface area contributed by atoms with Crippen LogP contribution in [-0.4, -0.2) is 15.3 Å². The number of hydrogen-bond donors (Lipinski definition) is 0. The maximum absolute atomic E-state index is 10.9. The van der Waals surface area contributed by atoms with E-state index in [4.69, 9.17) is 16.1 Å². The Labute approximate surface area is 87.6 Å². The fourth-order valence-electron chi connectivity index (χ4n) is 1.18. The first-order chi connectivity index (χ1) is 7.09. The molecule has 1 aromatic carbocycles. The van der Waals surface area contributed by atoms with Crippen LogP contribution in [0.3, 0.4) is 0 Å². The van der Waals surface area contributed by atoms with Crippen molar-refractivity contribution in [3.63, 3.8) is 0 Å². The van der Waals surface area contributed by atoms with E-state index in [-0.39, 0.29) is 22.4 Å². The second-order valence-corrected chi connectivity index (χ2v) is 3.09. The van der Waals surface area contributed by atoms with Gasteiger partial charge >= 0.3 is 0 Å². The number of nitro groups is 1. The average molecular weight is 227 g/mol. The Hall–Kier alpha value is -1.95. The van der Waals surface area contributed by atoms with Gasteiger partial charge in [0.1, 0.15) is 0 Å². The number of benzene rings is 1. The van der Waals surface area contributed by atoms with Crippen molar-refractivity contribution < 1.29 is 14.2 Å². The third-order valence-electron chi connectivity index (χ3n) is 1.85. The first-order valence-electron chi connectivity index (χ1n) is 3.83. The van der Waals surface area contributed by atoms with E-state index in [2.05, 4.69) is 5.16 Å². The molecule has 7 heteroatoms. The van der Waals surface area contributed by atoms with Crippen molar-refractivity contribution in [1.82, 2.24) is 5.16 Å². The lowest BCUT2D eigenvalue weighted by molar-refractivity contribution is -0.384. The summed E-state index contributed by atoms with van der Waals surface area (Å²) in [6.07, 6.45) is 0.